The first-order valence-electron chi connectivity index (χ1n) is 6.10. The molecule has 112 valence electrons. The summed E-state index contributed by atoms with van der Waals surface area (Å²) in [5, 5.41) is 2.60. The third-order valence-electron chi connectivity index (χ3n) is 2.73. The van der Waals surface area contributed by atoms with Gasteiger partial charge >= 0.3 is 0 Å². The van der Waals surface area contributed by atoms with Crippen LogP contribution in [0.3, 0.4) is 0 Å². The van der Waals surface area contributed by atoms with Crippen LogP contribution in [0.15, 0.2) is 18.2 Å². The van der Waals surface area contributed by atoms with Crippen LogP contribution in [0, 0.1) is 18.6 Å². The normalized spacial score (nSPS) is 10.5. The molecule has 0 bridgehead atoms. The largest absolute Gasteiger partial charge is 0.377 e. The highest BCUT2D eigenvalue weighted by molar-refractivity contribution is 5.61. The lowest BCUT2D eigenvalue weighted by molar-refractivity contribution is 0.178. The molecule has 4 N–H and O–H groups in total. The van der Waals surface area contributed by atoms with Crippen LogP contribution < -0.4 is 16.6 Å². The van der Waals surface area contributed by atoms with Crippen molar-refractivity contribution in [3.05, 3.63) is 41.2 Å². The van der Waals surface area contributed by atoms with Gasteiger partial charge in [0.2, 0.25) is 0 Å². The molecule has 1 heterocycles. The molecule has 0 saturated carbocycles. The zero-order valence-corrected chi connectivity index (χ0v) is 11.6. The standard InChI is InChI=1S/C13H15F2N5O/c1-7-3-4-8(14)13(12(7)15)19-9-5-10(20-16)18-11(17-9)6-21-2/h3-5H,6,16H2,1-2H3,(H2,17,18,19,20). The van der Waals surface area contributed by atoms with Gasteiger partial charge < -0.3 is 15.5 Å². The first-order valence-corrected chi connectivity index (χ1v) is 6.10. The van der Waals surface area contributed by atoms with Crippen LogP contribution in [0.4, 0.5) is 26.1 Å². The number of anilines is 3. The Morgan fingerprint density at radius 2 is 1.95 bits per heavy atom. The van der Waals surface area contributed by atoms with Crippen LogP contribution in [0.25, 0.3) is 0 Å². The second-order valence-electron chi connectivity index (χ2n) is 4.31. The molecule has 2 aromatic rings. The Morgan fingerprint density at radius 1 is 1.24 bits per heavy atom. The highest BCUT2D eigenvalue weighted by Crippen LogP contribution is 2.25. The lowest BCUT2D eigenvalue weighted by atomic mass is 10.2. The van der Waals surface area contributed by atoms with Gasteiger partial charge in [-0.25, -0.2) is 24.6 Å². The maximum absolute atomic E-state index is 14.0. The maximum Gasteiger partial charge on any atom is 0.158 e. The van der Waals surface area contributed by atoms with E-state index in [2.05, 4.69) is 20.7 Å². The third-order valence-corrected chi connectivity index (χ3v) is 2.73. The molecule has 0 amide bonds. The van der Waals surface area contributed by atoms with E-state index in [1.807, 2.05) is 0 Å². The zero-order valence-electron chi connectivity index (χ0n) is 11.6. The molecule has 1 aromatic carbocycles. The van der Waals surface area contributed by atoms with Crippen molar-refractivity contribution in [1.29, 1.82) is 0 Å². The van der Waals surface area contributed by atoms with E-state index in [4.69, 9.17) is 10.6 Å². The SMILES string of the molecule is COCc1nc(NN)cc(Nc2c(F)ccc(C)c2F)n1. The average molecular weight is 295 g/mol. The number of aryl methyl sites for hydroxylation is 1. The number of methoxy groups -OCH3 is 1. The fourth-order valence-electron chi connectivity index (χ4n) is 1.73. The molecule has 0 radical (unpaired) electrons. The van der Waals surface area contributed by atoms with Crippen LogP contribution in [-0.2, 0) is 11.3 Å². The van der Waals surface area contributed by atoms with Gasteiger partial charge in [0.1, 0.15) is 29.7 Å². The number of hydrogen-bond donors (Lipinski definition) is 3. The van der Waals surface area contributed by atoms with E-state index < -0.39 is 11.6 Å². The lowest BCUT2D eigenvalue weighted by Crippen LogP contribution is -2.12. The number of hydrogen-bond acceptors (Lipinski definition) is 6. The van der Waals surface area contributed by atoms with Gasteiger partial charge in [0.25, 0.3) is 0 Å². The molecule has 0 aliphatic carbocycles. The topological polar surface area (TPSA) is 85.1 Å². The van der Waals surface area contributed by atoms with Gasteiger partial charge in [0.15, 0.2) is 11.6 Å². The van der Waals surface area contributed by atoms with Crippen molar-refractivity contribution < 1.29 is 13.5 Å². The molecule has 0 aliphatic heterocycles. The Balaban J connectivity index is 2.39. The number of nitrogens with two attached hydrogens (primary N) is 1. The summed E-state index contributed by atoms with van der Waals surface area (Å²) in [7, 11) is 1.49. The fourth-order valence-corrected chi connectivity index (χ4v) is 1.73. The number of ether oxygens (including phenoxy) is 1. The Morgan fingerprint density at radius 3 is 2.62 bits per heavy atom. The van der Waals surface area contributed by atoms with Gasteiger partial charge in [-0.1, -0.05) is 6.07 Å². The molecule has 0 saturated heterocycles. The number of aromatic nitrogens is 2. The number of nitrogens with one attached hydrogen (secondary N) is 2. The van der Waals surface area contributed by atoms with Gasteiger partial charge in [-0.3, -0.25) is 0 Å². The second-order valence-corrected chi connectivity index (χ2v) is 4.31. The van der Waals surface area contributed by atoms with E-state index in [9.17, 15) is 8.78 Å². The van der Waals surface area contributed by atoms with Crippen molar-refractivity contribution in [2.75, 3.05) is 17.9 Å². The summed E-state index contributed by atoms with van der Waals surface area (Å²) in [6.07, 6.45) is 0. The second kappa shape index (κ2) is 6.42. The van der Waals surface area contributed by atoms with E-state index in [-0.39, 0.29) is 18.1 Å². The quantitative estimate of drug-likeness (QED) is 0.579. The van der Waals surface area contributed by atoms with E-state index >= 15 is 0 Å². The molecule has 0 aliphatic rings. The monoisotopic (exact) mass is 295 g/mol. The number of halogens is 2. The van der Waals surface area contributed by atoms with Crippen molar-refractivity contribution in [3.8, 4) is 0 Å². The minimum absolute atomic E-state index is 0.142. The smallest absolute Gasteiger partial charge is 0.158 e. The number of benzene rings is 1. The molecule has 0 atom stereocenters. The van der Waals surface area contributed by atoms with Crippen molar-refractivity contribution in [2.45, 2.75) is 13.5 Å². The molecule has 1 aromatic heterocycles. The van der Waals surface area contributed by atoms with Gasteiger partial charge in [-0.15, -0.1) is 0 Å². The zero-order chi connectivity index (χ0) is 15.4. The number of nitrogen functional groups attached to an aromatic ring is 1. The van der Waals surface area contributed by atoms with Gasteiger partial charge in [0, 0.05) is 13.2 Å². The highest BCUT2D eigenvalue weighted by atomic mass is 19.1. The average Bonchev–Trinajstić information content (AvgIpc) is 2.48. The molecule has 0 unspecified atom stereocenters. The molecule has 2 rings (SSSR count). The lowest BCUT2D eigenvalue weighted by Gasteiger charge is -2.12. The van der Waals surface area contributed by atoms with Gasteiger partial charge in [-0.2, -0.15) is 0 Å². The van der Waals surface area contributed by atoms with E-state index in [0.29, 0.717) is 17.2 Å². The van der Waals surface area contributed by atoms with Crippen molar-refractivity contribution in [2.24, 2.45) is 5.84 Å². The summed E-state index contributed by atoms with van der Waals surface area (Å²) in [6.45, 7) is 1.69. The summed E-state index contributed by atoms with van der Waals surface area (Å²) < 4.78 is 32.6. The van der Waals surface area contributed by atoms with Crippen LogP contribution in [0.5, 0.6) is 0 Å². The Bertz CT molecular complexity index is 651. The van der Waals surface area contributed by atoms with Crippen LogP contribution >= 0.6 is 0 Å². The van der Waals surface area contributed by atoms with Crippen LogP contribution in [0.2, 0.25) is 0 Å². The molecule has 0 spiro atoms. The predicted molar refractivity (Wildman–Crippen MR) is 74.9 cm³/mol. The van der Waals surface area contributed by atoms with E-state index in [1.54, 1.807) is 6.92 Å². The first kappa shape index (κ1) is 15.1. The molecular weight excluding hydrogens is 280 g/mol. The Kier molecular flexibility index (Phi) is 4.61. The van der Waals surface area contributed by atoms with Crippen molar-refractivity contribution in [1.82, 2.24) is 9.97 Å². The molecule has 6 nitrogen and oxygen atoms in total. The number of nitrogens with zero attached hydrogens (tertiary/aromatic N) is 2. The van der Waals surface area contributed by atoms with Crippen molar-refractivity contribution >= 4 is 17.3 Å². The summed E-state index contributed by atoms with van der Waals surface area (Å²) in [6, 6.07) is 3.97. The molecule has 21 heavy (non-hydrogen) atoms. The van der Waals surface area contributed by atoms with E-state index in [0.717, 1.165) is 0 Å². The minimum Gasteiger partial charge on any atom is -0.377 e. The Hall–Kier alpha value is -2.32. The first-order chi connectivity index (χ1) is 10.0. The van der Waals surface area contributed by atoms with Crippen LogP contribution in [0.1, 0.15) is 11.4 Å². The number of hydrazine groups is 1. The van der Waals surface area contributed by atoms with Gasteiger partial charge in [0.05, 0.1) is 0 Å². The summed E-state index contributed by atoms with van der Waals surface area (Å²) in [4.78, 5) is 8.15. The van der Waals surface area contributed by atoms with Crippen molar-refractivity contribution in [3.63, 3.8) is 0 Å². The minimum atomic E-state index is -0.715. The predicted octanol–water partition coefficient (Wildman–Crippen LogP) is 2.24. The summed E-state index contributed by atoms with van der Waals surface area (Å²) in [5.41, 5.74) is 2.40. The Labute approximate surface area is 120 Å². The van der Waals surface area contributed by atoms with Gasteiger partial charge in [-0.05, 0) is 18.6 Å². The van der Waals surface area contributed by atoms with E-state index in [1.165, 1.54) is 25.3 Å². The molecular formula is C13H15F2N5O. The summed E-state index contributed by atoms with van der Waals surface area (Å²) in [5.74, 6) is 4.74. The fraction of sp³-hybridized carbons (Fsp3) is 0.231. The molecule has 8 heteroatoms. The summed E-state index contributed by atoms with van der Waals surface area (Å²) >= 11 is 0. The third kappa shape index (κ3) is 3.41. The maximum atomic E-state index is 14.0. The molecule has 0 fully saturated rings. The van der Waals surface area contributed by atoms with Crippen LogP contribution in [-0.4, -0.2) is 17.1 Å². The highest BCUT2D eigenvalue weighted by Gasteiger charge is 2.13. The number of rotatable bonds is 5.